The molecule has 13 heavy (non-hydrogen) atoms. The zero-order chi connectivity index (χ0) is 10.4. The molecule has 0 aromatic carbocycles. The minimum Gasteiger partial charge on any atom is -0.480 e. The van der Waals surface area contributed by atoms with Crippen molar-refractivity contribution in [2.24, 2.45) is 0 Å². The molecule has 0 rings (SSSR count). The summed E-state index contributed by atoms with van der Waals surface area (Å²) < 4.78 is 0. The van der Waals surface area contributed by atoms with E-state index in [0.717, 1.165) is 5.57 Å². The highest BCUT2D eigenvalue weighted by molar-refractivity contribution is 5.82. The Morgan fingerprint density at radius 2 is 1.92 bits per heavy atom. The lowest BCUT2D eigenvalue weighted by molar-refractivity contribution is -0.141. The molecule has 1 amide bonds. The number of nitrogens with one attached hydrogen (secondary N) is 1. The third-order valence-corrected chi connectivity index (χ3v) is 1.44. The van der Waals surface area contributed by atoms with Gasteiger partial charge in [0.2, 0.25) is 5.91 Å². The van der Waals surface area contributed by atoms with Crippen molar-refractivity contribution < 1.29 is 14.7 Å². The van der Waals surface area contributed by atoms with Crippen molar-refractivity contribution in [3.63, 3.8) is 0 Å². The highest BCUT2D eigenvalue weighted by Gasteiger charge is 2.15. The maximum absolute atomic E-state index is 10.6. The average molecular weight is 185 g/mol. The minimum absolute atomic E-state index is 0.324. The van der Waals surface area contributed by atoms with Crippen molar-refractivity contribution in [2.75, 3.05) is 0 Å². The van der Waals surface area contributed by atoms with E-state index in [1.54, 1.807) is 6.08 Å². The Morgan fingerprint density at radius 1 is 1.38 bits per heavy atom. The number of rotatable bonds is 4. The SMILES string of the molecule is CC(=O)NC(CC=C(C)C)C(=O)O. The summed E-state index contributed by atoms with van der Waals surface area (Å²) in [5.74, 6) is -1.33. The first-order chi connectivity index (χ1) is 5.93. The monoisotopic (exact) mass is 185 g/mol. The van der Waals surface area contributed by atoms with Gasteiger partial charge in [0.25, 0.3) is 0 Å². The maximum Gasteiger partial charge on any atom is 0.326 e. The Kier molecular flexibility index (Phi) is 4.80. The summed E-state index contributed by atoms with van der Waals surface area (Å²) in [4.78, 5) is 21.2. The average Bonchev–Trinajstić information content (AvgIpc) is 1.96. The number of carbonyl (C=O) groups is 2. The van der Waals surface area contributed by atoms with Crippen LogP contribution in [0.1, 0.15) is 27.2 Å². The first kappa shape index (κ1) is 11.7. The zero-order valence-corrected chi connectivity index (χ0v) is 8.13. The van der Waals surface area contributed by atoms with Gasteiger partial charge in [-0.15, -0.1) is 0 Å². The van der Waals surface area contributed by atoms with E-state index >= 15 is 0 Å². The van der Waals surface area contributed by atoms with Crippen LogP contribution in [0.3, 0.4) is 0 Å². The van der Waals surface area contributed by atoms with Crippen molar-refractivity contribution in [1.29, 1.82) is 0 Å². The molecule has 0 saturated heterocycles. The first-order valence-corrected chi connectivity index (χ1v) is 4.06. The molecule has 0 aromatic rings. The highest BCUT2D eigenvalue weighted by atomic mass is 16.4. The van der Waals surface area contributed by atoms with Gasteiger partial charge in [-0.3, -0.25) is 4.79 Å². The minimum atomic E-state index is -1.01. The molecule has 0 aliphatic carbocycles. The van der Waals surface area contributed by atoms with Gasteiger partial charge in [-0.25, -0.2) is 4.79 Å². The van der Waals surface area contributed by atoms with Crippen LogP contribution in [-0.4, -0.2) is 23.0 Å². The second kappa shape index (κ2) is 5.35. The summed E-state index contributed by atoms with van der Waals surface area (Å²) in [6.07, 6.45) is 2.12. The second-order valence-corrected chi connectivity index (χ2v) is 3.11. The first-order valence-electron chi connectivity index (χ1n) is 4.06. The van der Waals surface area contributed by atoms with Crippen LogP contribution in [0.2, 0.25) is 0 Å². The fourth-order valence-corrected chi connectivity index (χ4v) is 0.820. The third kappa shape index (κ3) is 5.90. The Hall–Kier alpha value is -1.32. The fraction of sp³-hybridized carbons (Fsp3) is 0.556. The van der Waals surface area contributed by atoms with Crippen LogP contribution in [0.4, 0.5) is 0 Å². The molecule has 0 aliphatic heterocycles. The van der Waals surface area contributed by atoms with Gasteiger partial charge < -0.3 is 10.4 Å². The van der Waals surface area contributed by atoms with Crippen molar-refractivity contribution in [1.82, 2.24) is 5.32 Å². The van der Waals surface area contributed by atoms with Crippen molar-refractivity contribution in [2.45, 2.75) is 33.2 Å². The smallest absolute Gasteiger partial charge is 0.326 e. The summed E-state index contributed by atoms with van der Waals surface area (Å²) >= 11 is 0. The van der Waals surface area contributed by atoms with Crippen LogP contribution in [0.25, 0.3) is 0 Å². The lowest BCUT2D eigenvalue weighted by Gasteiger charge is -2.10. The van der Waals surface area contributed by atoms with Gasteiger partial charge in [0.1, 0.15) is 6.04 Å². The number of amides is 1. The van der Waals surface area contributed by atoms with Crippen LogP contribution in [0, 0.1) is 0 Å². The third-order valence-electron chi connectivity index (χ3n) is 1.44. The Labute approximate surface area is 77.6 Å². The van der Waals surface area contributed by atoms with Crippen molar-refractivity contribution >= 4 is 11.9 Å². The standard InChI is InChI=1S/C9H15NO3/c1-6(2)4-5-8(9(12)13)10-7(3)11/h4,8H,5H2,1-3H3,(H,10,11)(H,12,13). The predicted octanol–water partition coefficient (Wildman–Crippen LogP) is 0.932. The number of aliphatic carboxylic acids is 1. The molecule has 0 radical (unpaired) electrons. The van der Waals surface area contributed by atoms with E-state index < -0.39 is 12.0 Å². The van der Waals surface area contributed by atoms with Crippen LogP contribution in [0.5, 0.6) is 0 Å². The fourth-order valence-electron chi connectivity index (χ4n) is 0.820. The maximum atomic E-state index is 10.6. The van der Waals surface area contributed by atoms with Crippen LogP contribution in [0.15, 0.2) is 11.6 Å². The van der Waals surface area contributed by atoms with E-state index in [0.29, 0.717) is 6.42 Å². The molecule has 74 valence electrons. The van der Waals surface area contributed by atoms with E-state index in [4.69, 9.17) is 5.11 Å². The summed E-state index contributed by atoms with van der Waals surface area (Å²) in [7, 11) is 0. The molecule has 1 unspecified atom stereocenters. The molecule has 0 aromatic heterocycles. The molecule has 0 fully saturated rings. The van der Waals surface area contributed by atoms with Gasteiger partial charge in [0.15, 0.2) is 0 Å². The normalized spacial score (nSPS) is 11.6. The van der Waals surface area contributed by atoms with E-state index in [1.165, 1.54) is 6.92 Å². The topological polar surface area (TPSA) is 66.4 Å². The molecule has 2 N–H and O–H groups in total. The van der Waals surface area contributed by atoms with Gasteiger partial charge in [0, 0.05) is 6.92 Å². The molecule has 0 saturated carbocycles. The molecule has 0 bridgehead atoms. The van der Waals surface area contributed by atoms with Gasteiger partial charge in [-0.1, -0.05) is 11.6 Å². The lowest BCUT2D eigenvalue weighted by atomic mass is 10.1. The van der Waals surface area contributed by atoms with E-state index in [9.17, 15) is 9.59 Å². The summed E-state index contributed by atoms with van der Waals surface area (Å²) in [5, 5.41) is 11.0. The van der Waals surface area contributed by atoms with E-state index in [1.807, 2.05) is 13.8 Å². The summed E-state index contributed by atoms with van der Waals surface area (Å²) in [6.45, 7) is 5.07. The van der Waals surface area contributed by atoms with Crippen LogP contribution < -0.4 is 5.32 Å². The number of hydrogen-bond donors (Lipinski definition) is 2. The van der Waals surface area contributed by atoms with Crippen LogP contribution in [-0.2, 0) is 9.59 Å². The Balaban J connectivity index is 4.19. The Bertz CT molecular complexity index is 229. The summed E-state index contributed by atoms with van der Waals surface area (Å²) in [5.41, 5.74) is 1.04. The summed E-state index contributed by atoms with van der Waals surface area (Å²) in [6, 6.07) is -0.813. The second-order valence-electron chi connectivity index (χ2n) is 3.11. The van der Waals surface area contributed by atoms with Gasteiger partial charge >= 0.3 is 5.97 Å². The van der Waals surface area contributed by atoms with Gasteiger partial charge in [-0.2, -0.15) is 0 Å². The molecular formula is C9H15NO3. The van der Waals surface area contributed by atoms with Crippen molar-refractivity contribution in [3.05, 3.63) is 11.6 Å². The quantitative estimate of drug-likeness (QED) is 0.640. The number of hydrogen-bond acceptors (Lipinski definition) is 2. The predicted molar refractivity (Wildman–Crippen MR) is 49.3 cm³/mol. The largest absolute Gasteiger partial charge is 0.480 e. The van der Waals surface area contributed by atoms with E-state index in [-0.39, 0.29) is 5.91 Å². The number of carboxylic acid groups (broad SMARTS) is 1. The zero-order valence-electron chi connectivity index (χ0n) is 8.13. The molecule has 0 spiro atoms. The highest BCUT2D eigenvalue weighted by Crippen LogP contribution is 1.98. The Morgan fingerprint density at radius 3 is 2.23 bits per heavy atom. The van der Waals surface area contributed by atoms with Crippen molar-refractivity contribution in [3.8, 4) is 0 Å². The van der Waals surface area contributed by atoms with Gasteiger partial charge in [-0.05, 0) is 20.3 Å². The van der Waals surface area contributed by atoms with Gasteiger partial charge in [0.05, 0.1) is 0 Å². The van der Waals surface area contributed by atoms with E-state index in [2.05, 4.69) is 5.32 Å². The molecular weight excluding hydrogens is 170 g/mol. The number of allylic oxidation sites excluding steroid dienone is 1. The van der Waals surface area contributed by atoms with Crippen LogP contribution >= 0.6 is 0 Å². The molecule has 0 aliphatic rings. The molecule has 0 heterocycles. The lowest BCUT2D eigenvalue weighted by Crippen LogP contribution is -2.39. The molecule has 4 nitrogen and oxygen atoms in total. The number of carbonyl (C=O) groups excluding carboxylic acids is 1. The molecule has 1 atom stereocenters. The number of carboxylic acids is 1. The molecule has 4 heteroatoms.